The van der Waals surface area contributed by atoms with E-state index in [4.69, 9.17) is 4.74 Å². The molecular formula is C12H23N3O. The van der Waals surface area contributed by atoms with Gasteiger partial charge >= 0.3 is 0 Å². The SMILES string of the molecule is CN=C(NCCC1CCCO1)N1CCCC1. The van der Waals surface area contributed by atoms with Crippen molar-refractivity contribution in [3.8, 4) is 0 Å². The summed E-state index contributed by atoms with van der Waals surface area (Å²) >= 11 is 0. The van der Waals surface area contributed by atoms with Gasteiger partial charge in [-0.05, 0) is 32.1 Å². The van der Waals surface area contributed by atoms with Crippen molar-refractivity contribution in [3.63, 3.8) is 0 Å². The Balaban J connectivity index is 1.66. The average Bonchev–Trinajstić information content (AvgIpc) is 2.96. The van der Waals surface area contributed by atoms with E-state index in [0.29, 0.717) is 6.10 Å². The Hall–Kier alpha value is -0.770. The summed E-state index contributed by atoms with van der Waals surface area (Å²) in [4.78, 5) is 6.67. The molecule has 0 amide bonds. The van der Waals surface area contributed by atoms with Crippen LogP contribution in [0, 0.1) is 0 Å². The van der Waals surface area contributed by atoms with E-state index in [1.807, 2.05) is 7.05 Å². The van der Waals surface area contributed by atoms with E-state index in [2.05, 4.69) is 15.2 Å². The molecule has 2 saturated heterocycles. The molecular weight excluding hydrogens is 202 g/mol. The molecule has 4 heteroatoms. The number of nitrogens with one attached hydrogen (secondary N) is 1. The van der Waals surface area contributed by atoms with Crippen LogP contribution in [0.4, 0.5) is 0 Å². The van der Waals surface area contributed by atoms with Crippen LogP contribution in [0.15, 0.2) is 4.99 Å². The standard InChI is InChI=1S/C12H23N3O/c1-13-12(15-8-2-3-9-15)14-7-6-11-5-4-10-16-11/h11H,2-10H2,1H3,(H,13,14). The molecule has 1 unspecified atom stereocenters. The van der Waals surface area contributed by atoms with Crippen LogP contribution in [-0.2, 0) is 4.74 Å². The summed E-state index contributed by atoms with van der Waals surface area (Å²) in [7, 11) is 1.87. The van der Waals surface area contributed by atoms with Gasteiger partial charge in [0.1, 0.15) is 0 Å². The molecule has 0 aromatic heterocycles. The lowest BCUT2D eigenvalue weighted by Crippen LogP contribution is -2.40. The van der Waals surface area contributed by atoms with Gasteiger partial charge in [0.15, 0.2) is 5.96 Å². The van der Waals surface area contributed by atoms with Crippen LogP contribution in [0.2, 0.25) is 0 Å². The van der Waals surface area contributed by atoms with Crippen LogP contribution >= 0.6 is 0 Å². The van der Waals surface area contributed by atoms with E-state index in [0.717, 1.165) is 38.6 Å². The molecule has 1 atom stereocenters. The predicted octanol–water partition coefficient (Wildman–Crippen LogP) is 1.23. The van der Waals surface area contributed by atoms with Gasteiger partial charge in [0.25, 0.3) is 0 Å². The van der Waals surface area contributed by atoms with Gasteiger partial charge in [0.05, 0.1) is 6.10 Å². The lowest BCUT2D eigenvalue weighted by atomic mass is 10.2. The van der Waals surface area contributed by atoms with Gasteiger partial charge in [-0.1, -0.05) is 0 Å². The summed E-state index contributed by atoms with van der Waals surface area (Å²) in [6, 6.07) is 0. The van der Waals surface area contributed by atoms with Crippen LogP contribution in [0.25, 0.3) is 0 Å². The second kappa shape index (κ2) is 6.09. The van der Waals surface area contributed by atoms with E-state index < -0.39 is 0 Å². The zero-order chi connectivity index (χ0) is 11.2. The molecule has 4 nitrogen and oxygen atoms in total. The normalized spacial score (nSPS) is 26.4. The highest BCUT2D eigenvalue weighted by Crippen LogP contribution is 2.14. The molecule has 0 aromatic carbocycles. The number of hydrogen-bond donors (Lipinski definition) is 1. The molecule has 2 aliphatic heterocycles. The van der Waals surface area contributed by atoms with Gasteiger partial charge in [-0.15, -0.1) is 0 Å². The second-order valence-electron chi connectivity index (χ2n) is 4.59. The second-order valence-corrected chi connectivity index (χ2v) is 4.59. The van der Waals surface area contributed by atoms with Gasteiger partial charge in [-0.3, -0.25) is 4.99 Å². The van der Waals surface area contributed by atoms with Crippen molar-refractivity contribution in [2.45, 2.75) is 38.2 Å². The third-order valence-corrected chi connectivity index (χ3v) is 3.39. The van der Waals surface area contributed by atoms with Gasteiger partial charge in [0, 0.05) is 33.3 Å². The highest BCUT2D eigenvalue weighted by Gasteiger charge is 2.17. The Morgan fingerprint density at radius 1 is 1.38 bits per heavy atom. The number of rotatable bonds is 3. The van der Waals surface area contributed by atoms with Crippen LogP contribution in [-0.4, -0.2) is 50.3 Å². The minimum absolute atomic E-state index is 0.476. The fourth-order valence-corrected chi connectivity index (χ4v) is 2.48. The monoisotopic (exact) mass is 225 g/mol. The minimum Gasteiger partial charge on any atom is -0.378 e. The summed E-state index contributed by atoms with van der Waals surface area (Å²) in [6.45, 7) is 4.23. The predicted molar refractivity (Wildman–Crippen MR) is 65.8 cm³/mol. The number of hydrogen-bond acceptors (Lipinski definition) is 2. The lowest BCUT2D eigenvalue weighted by molar-refractivity contribution is 0.105. The van der Waals surface area contributed by atoms with Crippen molar-refractivity contribution < 1.29 is 4.74 Å². The Morgan fingerprint density at radius 2 is 2.19 bits per heavy atom. The molecule has 0 spiro atoms. The number of ether oxygens (including phenoxy) is 1. The van der Waals surface area contributed by atoms with E-state index in [1.54, 1.807) is 0 Å². The first-order chi connectivity index (χ1) is 7.90. The molecule has 16 heavy (non-hydrogen) atoms. The molecule has 0 bridgehead atoms. The Morgan fingerprint density at radius 3 is 2.81 bits per heavy atom. The Labute approximate surface area is 98.1 Å². The molecule has 2 fully saturated rings. The molecule has 2 rings (SSSR count). The van der Waals surface area contributed by atoms with Crippen LogP contribution in [0.5, 0.6) is 0 Å². The maximum Gasteiger partial charge on any atom is 0.193 e. The van der Waals surface area contributed by atoms with Gasteiger partial charge in [-0.25, -0.2) is 0 Å². The number of aliphatic imine (C=N–C) groups is 1. The smallest absolute Gasteiger partial charge is 0.193 e. The summed E-state index contributed by atoms with van der Waals surface area (Å²) in [5.41, 5.74) is 0. The molecule has 1 N–H and O–H groups in total. The zero-order valence-corrected chi connectivity index (χ0v) is 10.2. The number of likely N-dealkylation sites (tertiary alicyclic amines) is 1. The number of nitrogens with zero attached hydrogens (tertiary/aromatic N) is 2. The van der Waals surface area contributed by atoms with Crippen LogP contribution in [0.1, 0.15) is 32.1 Å². The van der Waals surface area contributed by atoms with E-state index in [-0.39, 0.29) is 0 Å². The number of guanidine groups is 1. The first-order valence-corrected chi connectivity index (χ1v) is 6.47. The average molecular weight is 225 g/mol. The van der Waals surface area contributed by atoms with Crippen molar-refractivity contribution in [3.05, 3.63) is 0 Å². The Bertz CT molecular complexity index is 230. The van der Waals surface area contributed by atoms with Crippen molar-refractivity contribution >= 4 is 5.96 Å². The van der Waals surface area contributed by atoms with Gasteiger partial charge in [0.2, 0.25) is 0 Å². The summed E-state index contributed by atoms with van der Waals surface area (Å²) < 4.78 is 5.60. The molecule has 0 saturated carbocycles. The molecule has 92 valence electrons. The summed E-state index contributed by atoms with van der Waals surface area (Å²) in [5.74, 6) is 1.07. The van der Waals surface area contributed by atoms with E-state index in [1.165, 1.54) is 25.7 Å². The molecule has 0 aliphatic carbocycles. The first-order valence-electron chi connectivity index (χ1n) is 6.47. The quantitative estimate of drug-likeness (QED) is 0.580. The largest absolute Gasteiger partial charge is 0.378 e. The molecule has 2 aliphatic rings. The van der Waals surface area contributed by atoms with E-state index >= 15 is 0 Å². The van der Waals surface area contributed by atoms with Crippen molar-refractivity contribution in [2.24, 2.45) is 4.99 Å². The van der Waals surface area contributed by atoms with Crippen molar-refractivity contribution in [2.75, 3.05) is 33.3 Å². The fraction of sp³-hybridized carbons (Fsp3) is 0.917. The van der Waals surface area contributed by atoms with Crippen LogP contribution in [0.3, 0.4) is 0 Å². The van der Waals surface area contributed by atoms with Gasteiger partial charge < -0.3 is 15.0 Å². The topological polar surface area (TPSA) is 36.9 Å². The first kappa shape index (κ1) is 11.7. The van der Waals surface area contributed by atoms with Crippen LogP contribution < -0.4 is 5.32 Å². The molecule has 0 radical (unpaired) electrons. The minimum atomic E-state index is 0.476. The molecule has 2 heterocycles. The highest BCUT2D eigenvalue weighted by atomic mass is 16.5. The fourth-order valence-electron chi connectivity index (χ4n) is 2.48. The maximum atomic E-state index is 5.60. The molecule has 0 aromatic rings. The summed E-state index contributed by atoms with van der Waals surface area (Å²) in [5, 5.41) is 3.43. The lowest BCUT2D eigenvalue weighted by Gasteiger charge is -2.21. The third kappa shape index (κ3) is 3.11. The van der Waals surface area contributed by atoms with Crippen molar-refractivity contribution in [1.29, 1.82) is 0 Å². The van der Waals surface area contributed by atoms with Crippen molar-refractivity contribution in [1.82, 2.24) is 10.2 Å². The van der Waals surface area contributed by atoms with Gasteiger partial charge in [-0.2, -0.15) is 0 Å². The Kier molecular flexibility index (Phi) is 4.45. The highest BCUT2D eigenvalue weighted by molar-refractivity contribution is 5.80. The van der Waals surface area contributed by atoms with E-state index in [9.17, 15) is 0 Å². The summed E-state index contributed by atoms with van der Waals surface area (Å²) in [6.07, 6.45) is 6.63. The third-order valence-electron chi connectivity index (χ3n) is 3.39. The zero-order valence-electron chi connectivity index (χ0n) is 10.2. The maximum absolute atomic E-state index is 5.60.